The van der Waals surface area contributed by atoms with Crippen molar-refractivity contribution in [2.24, 2.45) is 7.05 Å². The third kappa shape index (κ3) is 3.04. The molecule has 1 atom stereocenters. The molecule has 1 aliphatic heterocycles. The second-order valence-corrected chi connectivity index (χ2v) is 7.85. The van der Waals surface area contributed by atoms with Crippen molar-refractivity contribution in [3.8, 4) is 17.2 Å². The number of rotatable bonds is 5. The fourth-order valence-electron chi connectivity index (χ4n) is 3.92. The Morgan fingerprint density at radius 3 is 2.27 bits per heavy atom. The van der Waals surface area contributed by atoms with Gasteiger partial charge in [-0.1, -0.05) is 35.6 Å². The maximum absolute atomic E-state index is 13.3. The fraction of sp³-hybridized carbons (Fsp3) is 0.273. The van der Waals surface area contributed by atoms with Crippen molar-refractivity contribution in [1.29, 1.82) is 0 Å². The first-order valence-corrected chi connectivity index (χ1v) is 10.2. The van der Waals surface area contributed by atoms with Crippen LogP contribution in [0.3, 0.4) is 0 Å². The van der Waals surface area contributed by atoms with Gasteiger partial charge in [-0.25, -0.2) is 0 Å². The first kappa shape index (κ1) is 20.0. The standard InChI is InChI=1S/C22H22N2O5S/c1-23-21-20(30-22(23)26)15(12-17(25)24(21)13-8-6-5-7-9-13)14-10-11-16(27-2)19(29-4)18(14)28-3/h5-11,15H,12H2,1-4H3/t15-/m1/s1. The fourth-order valence-corrected chi connectivity index (χ4v) is 5.00. The minimum absolute atomic E-state index is 0.0936. The summed E-state index contributed by atoms with van der Waals surface area (Å²) in [5.41, 5.74) is 1.51. The lowest BCUT2D eigenvalue weighted by Gasteiger charge is -2.33. The molecule has 1 aliphatic rings. The monoisotopic (exact) mass is 426 g/mol. The summed E-state index contributed by atoms with van der Waals surface area (Å²) in [6.07, 6.45) is 0.202. The molecule has 4 rings (SSSR count). The number of nitrogens with zero attached hydrogens (tertiary/aromatic N) is 2. The molecule has 0 saturated heterocycles. The maximum atomic E-state index is 13.3. The summed E-state index contributed by atoms with van der Waals surface area (Å²) in [5, 5.41) is 0. The Labute approximate surface area is 178 Å². The molecule has 2 heterocycles. The number of para-hydroxylation sites is 1. The van der Waals surface area contributed by atoms with E-state index in [-0.39, 0.29) is 23.1 Å². The number of carbonyl (C=O) groups excluding carboxylic acids is 1. The van der Waals surface area contributed by atoms with Gasteiger partial charge >= 0.3 is 4.87 Å². The van der Waals surface area contributed by atoms with E-state index >= 15 is 0 Å². The number of benzene rings is 2. The number of amides is 1. The Balaban J connectivity index is 1.93. The number of carbonyl (C=O) groups is 1. The van der Waals surface area contributed by atoms with Gasteiger partial charge in [0.1, 0.15) is 5.82 Å². The van der Waals surface area contributed by atoms with E-state index in [1.807, 2.05) is 36.4 Å². The molecule has 7 nitrogen and oxygen atoms in total. The van der Waals surface area contributed by atoms with Crippen LogP contribution in [0.2, 0.25) is 0 Å². The lowest BCUT2D eigenvalue weighted by Crippen LogP contribution is -2.34. The van der Waals surface area contributed by atoms with Crippen LogP contribution in [0, 0.1) is 0 Å². The minimum atomic E-state index is -0.332. The van der Waals surface area contributed by atoms with Crippen molar-refractivity contribution in [1.82, 2.24) is 4.57 Å². The molecule has 0 N–H and O–H groups in total. The predicted molar refractivity (Wildman–Crippen MR) is 116 cm³/mol. The molecular weight excluding hydrogens is 404 g/mol. The summed E-state index contributed by atoms with van der Waals surface area (Å²) in [5.74, 6) is 1.66. The van der Waals surface area contributed by atoms with Crippen LogP contribution in [0.25, 0.3) is 0 Å². The quantitative estimate of drug-likeness (QED) is 0.623. The van der Waals surface area contributed by atoms with Gasteiger partial charge in [0.2, 0.25) is 11.7 Å². The molecule has 0 aliphatic carbocycles. The van der Waals surface area contributed by atoms with Gasteiger partial charge in [0.05, 0.1) is 31.9 Å². The molecule has 0 bridgehead atoms. The smallest absolute Gasteiger partial charge is 0.308 e. The van der Waals surface area contributed by atoms with E-state index in [0.717, 1.165) is 27.5 Å². The Bertz CT molecular complexity index is 1150. The average molecular weight is 426 g/mol. The summed E-state index contributed by atoms with van der Waals surface area (Å²) in [7, 11) is 6.34. The highest BCUT2D eigenvalue weighted by atomic mass is 32.1. The van der Waals surface area contributed by atoms with Crippen LogP contribution in [0.5, 0.6) is 17.2 Å². The molecule has 3 aromatic rings. The van der Waals surface area contributed by atoms with E-state index < -0.39 is 0 Å². The van der Waals surface area contributed by atoms with Crippen molar-refractivity contribution in [2.75, 3.05) is 26.2 Å². The third-order valence-electron chi connectivity index (χ3n) is 5.29. The van der Waals surface area contributed by atoms with E-state index in [1.165, 1.54) is 4.57 Å². The highest BCUT2D eigenvalue weighted by Crippen LogP contribution is 2.50. The Morgan fingerprint density at radius 1 is 0.933 bits per heavy atom. The van der Waals surface area contributed by atoms with Gasteiger partial charge in [-0.3, -0.25) is 19.1 Å². The van der Waals surface area contributed by atoms with E-state index in [4.69, 9.17) is 14.2 Å². The number of fused-ring (bicyclic) bond motifs is 1. The van der Waals surface area contributed by atoms with Gasteiger partial charge in [0.25, 0.3) is 0 Å². The molecular formula is C22H22N2O5S. The molecule has 0 saturated carbocycles. The molecule has 0 unspecified atom stereocenters. The molecule has 1 amide bonds. The first-order chi connectivity index (χ1) is 14.5. The van der Waals surface area contributed by atoms with Crippen LogP contribution in [-0.2, 0) is 11.8 Å². The van der Waals surface area contributed by atoms with Gasteiger partial charge in [-0.15, -0.1) is 0 Å². The van der Waals surface area contributed by atoms with Crippen LogP contribution in [-0.4, -0.2) is 31.8 Å². The molecule has 1 aromatic heterocycles. The minimum Gasteiger partial charge on any atom is -0.493 e. The third-order valence-corrected chi connectivity index (χ3v) is 6.43. The largest absolute Gasteiger partial charge is 0.493 e. The molecule has 0 radical (unpaired) electrons. The van der Waals surface area contributed by atoms with E-state index in [9.17, 15) is 9.59 Å². The van der Waals surface area contributed by atoms with Crippen molar-refractivity contribution in [3.05, 3.63) is 62.6 Å². The summed E-state index contributed by atoms with van der Waals surface area (Å²) < 4.78 is 18.1. The molecule has 156 valence electrons. The van der Waals surface area contributed by atoms with Gasteiger partial charge < -0.3 is 14.2 Å². The number of hydrogen-bond donors (Lipinski definition) is 0. The van der Waals surface area contributed by atoms with E-state index in [2.05, 4.69) is 0 Å². The zero-order valence-electron chi connectivity index (χ0n) is 17.2. The Kier molecular flexibility index (Phi) is 5.26. The molecule has 0 spiro atoms. The Morgan fingerprint density at radius 2 is 1.63 bits per heavy atom. The van der Waals surface area contributed by atoms with Gasteiger partial charge in [-0.05, 0) is 18.2 Å². The van der Waals surface area contributed by atoms with Gasteiger partial charge in [-0.2, -0.15) is 0 Å². The van der Waals surface area contributed by atoms with Crippen molar-refractivity contribution in [3.63, 3.8) is 0 Å². The highest BCUT2D eigenvalue weighted by molar-refractivity contribution is 7.10. The normalized spacial score (nSPS) is 15.7. The number of ether oxygens (including phenoxy) is 3. The lowest BCUT2D eigenvalue weighted by atomic mass is 9.89. The van der Waals surface area contributed by atoms with Crippen molar-refractivity contribution in [2.45, 2.75) is 12.3 Å². The molecule has 30 heavy (non-hydrogen) atoms. The van der Waals surface area contributed by atoms with Crippen molar-refractivity contribution >= 4 is 28.7 Å². The summed E-state index contributed by atoms with van der Waals surface area (Å²) in [4.78, 5) is 28.2. The predicted octanol–water partition coefficient (Wildman–Crippen LogP) is 3.67. The molecule has 8 heteroatoms. The SMILES string of the molecule is COc1ccc([C@H]2CC(=O)N(c3ccccc3)c3c2sc(=O)n3C)c(OC)c1OC. The van der Waals surface area contributed by atoms with E-state index in [1.54, 1.807) is 39.3 Å². The summed E-state index contributed by atoms with van der Waals surface area (Å²) in [6, 6.07) is 13.0. The molecule has 0 fully saturated rings. The maximum Gasteiger partial charge on any atom is 0.308 e. The van der Waals surface area contributed by atoms with Crippen LogP contribution in [0.15, 0.2) is 47.3 Å². The number of anilines is 2. The first-order valence-electron chi connectivity index (χ1n) is 9.38. The van der Waals surface area contributed by atoms with Crippen LogP contribution >= 0.6 is 11.3 Å². The Hall–Kier alpha value is -3.26. The van der Waals surface area contributed by atoms with Gasteiger partial charge in [0.15, 0.2) is 11.5 Å². The second-order valence-electron chi connectivity index (χ2n) is 6.86. The zero-order valence-corrected chi connectivity index (χ0v) is 18.0. The number of methoxy groups -OCH3 is 3. The van der Waals surface area contributed by atoms with E-state index in [0.29, 0.717) is 23.1 Å². The summed E-state index contributed by atoms with van der Waals surface area (Å²) >= 11 is 1.15. The second kappa shape index (κ2) is 7.87. The topological polar surface area (TPSA) is 70.0 Å². The van der Waals surface area contributed by atoms with Crippen LogP contribution in [0.1, 0.15) is 22.8 Å². The average Bonchev–Trinajstić information content (AvgIpc) is 3.07. The van der Waals surface area contributed by atoms with Crippen molar-refractivity contribution < 1.29 is 19.0 Å². The highest BCUT2D eigenvalue weighted by Gasteiger charge is 2.39. The zero-order chi connectivity index (χ0) is 21.4. The van der Waals surface area contributed by atoms with Gasteiger partial charge in [0, 0.05) is 24.9 Å². The summed E-state index contributed by atoms with van der Waals surface area (Å²) in [6.45, 7) is 0. The number of aromatic nitrogens is 1. The molecule has 2 aromatic carbocycles. The van der Waals surface area contributed by atoms with Crippen LogP contribution < -0.4 is 24.0 Å². The van der Waals surface area contributed by atoms with Crippen LogP contribution in [0.4, 0.5) is 11.5 Å². The number of thiazole rings is 1. The number of hydrogen-bond acceptors (Lipinski definition) is 6. The lowest BCUT2D eigenvalue weighted by molar-refractivity contribution is -0.118.